The van der Waals surface area contributed by atoms with Crippen molar-refractivity contribution in [1.82, 2.24) is 0 Å². The van der Waals surface area contributed by atoms with Crippen molar-refractivity contribution in [2.24, 2.45) is 0 Å². The number of methoxy groups -OCH3 is 2. The number of ether oxygens (including phenoxy) is 2. The Labute approximate surface area is 83.3 Å². The van der Waals surface area contributed by atoms with E-state index in [1.165, 1.54) is 0 Å². The Kier molecular flexibility index (Phi) is 8.71. The number of hydrogen-bond acceptors (Lipinski definition) is 3. The maximum Gasteiger partial charge on any atom is 0.168 e. The zero-order valence-electron chi connectivity index (χ0n) is 8.75. The minimum Gasteiger partial charge on any atom is -0.355 e. The van der Waals surface area contributed by atoms with Crippen molar-refractivity contribution in [3.8, 4) is 0 Å². The van der Waals surface area contributed by atoms with E-state index in [1.807, 2.05) is 0 Å². The van der Waals surface area contributed by atoms with Crippen LogP contribution in [0.5, 0.6) is 0 Å². The first-order chi connectivity index (χ1) is 6.24. The SMILES string of the molecule is CCCCCS(=O)CC(OC)OC. The van der Waals surface area contributed by atoms with Gasteiger partial charge in [0.2, 0.25) is 0 Å². The lowest BCUT2D eigenvalue weighted by molar-refractivity contribution is -0.0847. The molecule has 3 nitrogen and oxygen atoms in total. The van der Waals surface area contributed by atoms with Crippen LogP contribution in [0, 0.1) is 0 Å². The summed E-state index contributed by atoms with van der Waals surface area (Å²) in [4.78, 5) is 0. The van der Waals surface area contributed by atoms with E-state index in [0.717, 1.165) is 25.0 Å². The maximum atomic E-state index is 11.4. The Morgan fingerprint density at radius 3 is 2.31 bits per heavy atom. The molecule has 4 heteroatoms. The minimum atomic E-state index is -0.801. The molecule has 80 valence electrons. The fraction of sp³-hybridized carbons (Fsp3) is 1.00. The third-order valence-electron chi connectivity index (χ3n) is 1.82. The van der Waals surface area contributed by atoms with Crippen LogP contribution in [0.1, 0.15) is 26.2 Å². The van der Waals surface area contributed by atoms with Crippen LogP contribution in [0.4, 0.5) is 0 Å². The Balaban J connectivity index is 3.48. The predicted molar refractivity (Wildman–Crippen MR) is 55.2 cm³/mol. The largest absolute Gasteiger partial charge is 0.355 e. The molecule has 1 atom stereocenters. The molecule has 0 bridgehead atoms. The molecule has 0 spiro atoms. The number of rotatable bonds is 8. The van der Waals surface area contributed by atoms with Gasteiger partial charge in [-0.15, -0.1) is 0 Å². The smallest absolute Gasteiger partial charge is 0.168 e. The molecule has 0 saturated carbocycles. The minimum absolute atomic E-state index is 0.317. The van der Waals surface area contributed by atoms with Crippen LogP contribution < -0.4 is 0 Å². The van der Waals surface area contributed by atoms with Crippen molar-refractivity contribution in [1.29, 1.82) is 0 Å². The molecule has 0 amide bonds. The summed E-state index contributed by atoms with van der Waals surface area (Å²) in [5.41, 5.74) is 0. The van der Waals surface area contributed by atoms with Gasteiger partial charge in [0.15, 0.2) is 6.29 Å². The number of hydrogen-bond donors (Lipinski definition) is 0. The highest BCUT2D eigenvalue weighted by atomic mass is 32.2. The van der Waals surface area contributed by atoms with E-state index in [1.54, 1.807) is 14.2 Å². The summed E-state index contributed by atoms with van der Waals surface area (Å²) in [6.07, 6.45) is 3.02. The maximum absolute atomic E-state index is 11.4. The highest BCUT2D eigenvalue weighted by Crippen LogP contribution is 2.00. The van der Waals surface area contributed by atoms with E-state index in [4.69, 9.17) is 9.47 Å². The van der Waals surface area contributed by atoms with Gasteiger partial charge in [0.1, 0.15) is 0 Å². The van der Waals surface area contributed by atoms with Crippen molar-refractivity contribution >= 4 is 10.8 Å². The summed E-state index contributed by atoms with van der Waals surface area (Å²) in [5.74, 6) is 1.24. The molecule has 0 saturated heterocycles. The normalized spacial score (nSPS) is 13.5. The highest BCUT2D eigenvalue weighted by Gasteiger charge is 2.09. The third kappa shape index (κ3) is 7.16. The van der Waals surface area contributed by atoms with E-state index in [9.17, 15) is 4.21 Å². The van der Waals surface area contributed by atoms with E-state index >= 15 is 0 Å². The van der Waals surface area contributed by atoms with Gasteiger partial charge in [-0.1, -0.05) is 19.8 Å². The van der Waals surface area contributed by atoms with E-state index < -0.39 is 10.8 Å². The molecule has 0 fully saturated rings. The van der Waals surface area contributed by atoms with Gasteiger partial charge in [-0.3, -0.25) is 4.21 Å². The van der Waals surface area contributed by atoms with Crippen molar-refractivity contribution in [2.75, 3.05) is 25.7 Å². The van der Waals surface area contributed by atoms with Gasteiger partial charge in [-0.2, -0.15) is 0 Å². The molecule has 0 aromatic heterocycles. The molecule has 0 radical (unpaired) electrons. The molecule has 0 aromatic carbocycles. The number of unbranched alkanes of at least 4 members (excludes halogenated alkanes) is 2. The molecule has 0 rings (SSSR count). The average molecular weight is 208 g/mol. The molecule has 0 heterocycles. The van der Waals surface area contributed by atoms with Gasteiger partial charge >= 0.3 is 0 Å². The molecule has 1 unspecified atom stereocenters. The summed E-state index contributed by atoms with van der Waals surface area (Å²) in [7, 11) is 2.33. The summed E-state index contributed by atoms with van der Waals surface area (Å²) >= 11 is 0. The first-order valence-electron chi connectivity index (χ1n) is 4.65. The molecular weight excluding hydrogens is 188 g/mol. The molecule has 0 aliphatic rings. The molecule has 0 N–H and O–H groups in total. The fourth-order valence-corrected chi connectivity index (χ4v) is 2.25. The fourth-order valence-electron chi connectivity index (χ4n) is 0.980. The van der Waals surface area contributed by atoms with Crippen LogP contribution in [0.3, 0.4) is 0 Å². The van der Waals surface area contributed by atoms with Crippen molar-refractivity contribution in [3.63, 3.8) is 0 Å². The first-order valence-corrected chi connectivity index (χ1v) is 6.14. The second-order valence-electron chi connectivity index (χ2n) is 2.92. The quantitative estimate of drug-likeness (QED) is 0.448. The predicted octanol–water partition coefficient (Wildman–Crippen LogP) is 1.54. The van der Waals surface area contributed by atoms with Gasteiger partial charge in [-0.05, 0) is 6.42 Å². The lowest BCUT2D eigenvalue weighted by atomic mass is 10.3. The van der Waals surface area contributed by atoms with Gasteiger partial charge in [0, 0.05) is 30.8 Å². The van der Waals surface area contributed by atoms with Crippen molar-refractivity contribution in [2.45, 2.75) is 32.5 Å². The van der Waals surface area contributed by atoms with Crippen LogP contribution in [-0.4, -0.2) is 36.2 Å². The monoisotopic (exact) mass is 208 g/mol. The summed E-state index contributed by atoms with van der Waals surface area (Å²) < 4.78 is 21.3. The molecule has 0 aliphatic heterocycles. The lowest BCUT2D eigenvalue weighted by Gasteiger charge is -2.12. The summed E-state index contributed by atoms with van der Waals surface area (Å²) in [6, 6.07) is 0. The Morgan fingerprint density at radius 1 is 1.23 bits per heavy atom. The second kappa shape index (κ2) is 8.66. The zero-order chi connectivity index (χ0) is 10.1. The topological polar surface area (TPSA) is 35.5 Å². The van der Waals surface area contributed by atoms with Crippen LogP contribution in [-0.2, 0) is 20.3 Å². The van der Waals surface area contributed by atoms with E-state index in [2.05, 4.69) is 6.92 Å². The lowest BCUT2D eigenvalue weighted by Crippen LogP contribution is -2.22. The first kappa shape index (κ1) is 13.1. The standard InChI is InChI=1S/C9H20O3S/c1-4-5-6-7-13(10)8-9(11-2)12-3/h9H,4-8H2,1-3H3. The van der Waals surface area contributed by atoms with Gasteiger partial charge in [-0.25, -0.2) is 0 Å². The summed E-state index contributed by atoms with van der Waals surface area (Å²) in [6.45, 7) is 2.13. The van der Waals surface area contributed by atoms with Crippen LogP contribution in [0.2, 0.25) is 0 Å². The average Bonchev–Trinajstić information content (AvgIpc) is 2.14. The van der Waals surface area contributed by atoms with Crippen LogP contribution in [0.15, 0.2) is 0 Å². The molecular formula is C9H20O3S. The summed E-state index contributed by atoms with van der Waals surface area (Å²) in [5, 5.41) is 0. The van der Waals surface area contributed by atoms with Gasteiger partial charge in [0.25, 0.3) is 0 Å². The Morgan fingerprint density at radius 2 is 1.85 bits per heavy atom. The molecule has 0 aromatic rings. The highest BCUT2D eigenvalue weighted by molar-refractivity contribution is 7.85. The molecule has 13 heavy (non-hydrogen) atoms. The van der Waals surface area contributed by atoms with Crippen molar-refractivity contribution in [3.05, 3.63) is 0 Å². The van der Waals surface area contributed by atoms with E-state index in [-0.39, 0.29) is 6.29 Å². The zero-order valence-corrected chi connectivity index (χ0v) is 9.56. The van der Waals surface area contributed by atoms with Gasteiger partial charge < -0.3 is 9.47 Å². The van der Waals surface area contributed by atoms with Crippen LogP contribution in [0.25, 0.3) is 0 Å². The van der Waals surface area contributed by atoms with Gasteiger partial charge in [0.05, 0.1) is 5.75 Å². The molecule has 0 aliphatic carbocycles. The second-order valence-corrected chi connectivity index (χ2v) is 4.54. The van der Waals surface area contributed by atoms with E-state index in [0.29, 0.717) is 5.75 Å². The third-order valence-corrected chi connectivity index (χ3v) is 3.21. The van der Waals surface area contributed by atoms with Crippen molar-refractivity contribution < 1.29 is 13.7 Å². The van der Waals surface area contributed by atoms with Crippen LogP contribution >= 0.6 is 0 Å². The Hall–Kier alpha value is 0.0700. The Bertz CT molecular complexity index is 135.